The van der Waals surface area contributed by atoms with Gasteiger partial charge in [0, 0.05) is 5.57 Å². The highest BCUT2D eigenvalue weighted by Crippen LogP contribution is 2.18. The molecule has 0 aromatic carbocycles. The van der Waals surface area contributed by atoms with E-state index in [1.54, 1.807) is 13.8 Å². The highest BCUT2D eigenvalue weighted by atomic mass is 16.6. The van der Waals surface area contributed by atoms with Crippen LogP contribution in [-0.2, 0) is 19.1 Å². The number of hydrogen-bond donors (Lipinski definition) is 0. The Hall–Kier alpha value is -1.32. The van der Waals surface area contributed by atoms with Crippen LogP contribution in [-0.4, -0.2) is 24.1 Å². The van der Waals surface area contributed by atoms with Crippen LogP contribution in [0.25, 0.3) is 0 Å². The van der Waals surface area contributed by atoms with Gasteiger partial charge in [0.05, 0.1) is 6.42 Å². The average molecular weight is 184 g/mol. The van der Waals surface area contributed by atoms with E-state index < -0.39 is 12.1 Å². The number of rotatable bonds is 2. The molecule has 2 atom stereocenters. The van der Waals surface area contributed by atoms with E-state index in [1.807, 2.05) is 0 Å². The van der Waals surface area contributed by atoms with Crippen molar-refractivity contribution < 1.29 is 19.1 Å². The van der Waals surface area contributed by atoms with Gasteiger partial charge in [0.25, 0.3) is 0 Å². The van der Waals surface area contributed by atoms with Crippen LogP contribution in [0.3, 0.4) is 0 Å². The Labute approximate surface area is 76.5 Å². The van der Waals surface area contributed by atoms with E-state index in [0.717, 1.165) is 0 Å². The van der Waals surface area contributed by atoms with Crippen molar-refractivity contribution in [2.45, 2.75) is 32.5 Å². The molecule has 13 heavy (non-hydrogen) atoms. The summed E-state index contributed by atoms with van der Waals surface area (Å²) in [6, 6.07) is 0. The van der Waals surface area contributed by atoms with Gasteiger partial charge in [-0.3, -0.25) is 4.79 Å². The van der Waals surface area contributed by atoms with Crippen molar-refractivity contribution in [2.75, 3.05) is 0 Å². The van der Waals surface area contributed by atoms with E-state index in [9.17, 15) is 9.59 Å². The molecule has 0 amide bonds. The number of hydrogen-bond acceptors (Lipinski definition) is 4. The van der Waals surface area contributed by atoms with Gasteiger partial charge < -0.3 is 9.47 Å². The molecule has 0 aromatic heterocycles. The molecule has 72 valence electrons. The first-order valence-electron chi connectivity index (χ1n) is 4.06. The number of carbonyl (C=O) groups excluding carboxylic acids is 2. The van der Waals surface area contributed by atoms with E-state index in [2.05, 4.69) is 6.58 Å². The minimum atomic E-state index is -0.477. The molecule has 4 nitrogen and oxygen atoms in total. The fourth-order valence-electron chi connectivity index (χ4n) is 1.04. The maximum atomic E-state index is 11.1. The normalized spacial score (nSPS) is 26.8. The van der Waals surface area contributed by atoms with Crippen LogP contribution in [0, 0.1) is 0 Å². The lowest BCUT2D eigenvalue weighted by Gasteiger charge is -2.13. The van der Waals surface area contributed by atoms with Crippen molar-refractivity contribution in [2.24, 2.45) is 0 Å². The molecule has 0 radical (unpaired) electrons. The minimum Gasteiger partial charge on any atom is -0.459 e. The maximum absolute atomic E-state index is 11.1. The maximum Gasteiger partial charge on any atom is 0.333 e. The van der Waals surface area contributed by atoms with Gasteiger partial charge in [-0.2, -0.15) is 0 Å². The van der Waals surface area contributed by atoms with Gasteiger partial charge in [0.2, 0.25) is 0 Å². The quantitative estimate of drug-likeness (QED) is 0.470. The van der Waals surface area contributed by atoms with Crippen LogP contribution in [0.2, 0.25) is 0 Å². The zero-order valence-electron chi connectivity index (χ0n) is 7.70. The van der Waals surface area contributed by atoms with Crippen LogP contribution in [0.1, 0.15) is 20.3 Å². The van der Waals surface area contributed by atoms with Gasteiger partial charge in [-0.25, -0.2) is 4.79 Å². The molecule has 1 rings (SSSR count). The van der Waals surface area contributed by atoms with E-state index in [0.29, 0.717) is 5.57 Å². The van der Waals surface area contributed by atoms with Crippen LogP contribution in [0.5, 0.6) is 0 Å². The van der Waals surface area contributed by atoms with Gasteiger partial charge in [-0.15, -0.1) is 0 Å². The molecule has 0 bridgehead atoms. The Kier molecular flexibility index (Phi) is 2.70. The van der Waals surface area contributed by atoms with Crippen LogP contribution in [0.15, 0.2) is 12.2 Å². The smallest absolute Gasteiger partial charge is 0.333 e. The topological polar surface area (TPSA) is 52.6 Å². The summed E-state index contributed by atoms with van der Waals surface area (Å²) in [6.45, 7) is 6.70. The lowest BCUT2D eigenvalue weighted by atomic mass is 10.2. The summed E-state index contributed by atoms with van der Waals surface area (Å²) in [4.78, 5) is 21.8. The summed E-state index contributed by atoms with van der Waals surface area (Å²) in [5.41, 5.74) is 0.326. The zero-order valence-corrected chi connectivity index (χ0v) is 7.70. The van der Waals surface area contributed by atoms with Gasteiger partial charge in [0.1, 0.15) is 12.2 Å². The Morgan fingerprint density at radius 1 is 1.69 bits per heavy atom. The SMILES string of the molecule is C=C(C)C(=O)OC1CC(=O)OC1C. The third kappa shape index (κ3) is 2.31. The molecule has 4 heteroatoms. The Morgan fingerprint density at radius 3 is 2.69 bits per heavy atom. The minimum absolute atomic E-state index is 0.139. The first kappa shape index (κ1) is 9.77. The predicted octanol–water partition coefficient (Wildman–Crippen LogP) is 0.810. The predicted molar refractivity (Wildman–Crippen MR) is 44.9 cm³/mol. The molecule has 1 heterocycles. The van der Waals surface area contributed by atoms with E-state index in [-0.39, 0.29) is 18.5 Å². The molecule has 0 aliphatic carbocycles. The third-order valence-electron chi connectivity index (χ3n) is 1.82. The van der Waals surface area contributed by atoms with E-state index in [1.165, 1.54) is 0 Å². The first-order valence-corrected chi connectivity index (χ1v) is 4.06. The first-order chi connectivity index (χ1) is 6.00. The monoisotopic (exact) mass is 184 g/mol. The molecular formula is C9H12O4. The van der Waals surface area contributed by atoms with Gasteiger partial charge in [-0.05, 0) is 13.8 Å². The number of cyclic esters (lactones) is 1. The Morgan fingerprint density at radius 2 is 2.31 bits per heavy atom. The van der Waals surface area contributed by atoms with Crippen LogP contribution < -0.4 is 0 Å². The molecule has 1 aliphatic heterocycles. The summed E-state index contributed by atoms with van der Waals surface area (Å²) in [5.74, 6) is -0.804. The average Bonchev–Trinajstić information content (AvgIpc) is 2.30. The largest absolute Gasteiger partial charge is 0.459 e. The molecule has 1 fully saturated rings. The van der Waals surface area contributed by atoms with Crippen molar-refractivity contribution in [3.63, 3.8) is 0 Å². The molecule has 2 unspecified atom stereocenters. The number of esters is 2. The summed E-state index contributed by atoms with van der Waals surface area (Å²) in [5, 5.41) is 0. The van der Waals surface area contributed by atoms with Crippen molar-refractivity contribution in [1.29, 1.82) is 0 Å². The summed E-state index contributed by atoms with van der Waals surface area (Å²) < 4.78 is 9.78. The third-order valence-corrected chi connectivity index (χ3v) is 1.82. The van der Waals surface area contributed by atoms with Gasteiger partial charge in [-0.1, -0.05) is 6.58 Å². The van der Waals surface area contributed by atoms with Gasteiger partial charge >= 0.3 is 11.9 Å². The van der Waals surface area contributed by atoms with Crippen LogP contribution >= 0.6 is 0 Å². The molecule has 0 aromatic rings. The van der Waals surface area contributed by atoms with Crippen molar-refractivity contribution in [1.82, 2.24) is 0 Å². The standard InChI is InChI=1S/C9H12O4/c1-5(2)9(11)13-7-4-8(10)12-6(7)3/h6-7H,1,4H2,2-3H3. The second-order valence-electron chi connectivity index (χ2n) is 3.12. The Balaban J connectivity index is 2.50. The number of carbonyl (C=O) groups is 2. The second-order valence-corrected chi connectivity index (χ2v) is 3.12. The summed E-state index contributed by atoms with van der Waals surface area (Å²) in [6.07, 6.45) is -0.673. The molecular weight excluding hydrogens is 172 g/mol. The van der Waals surface area contributed by atoms with Crippen molar-refractivity contribution >= 4 is 11.9 Å². The molecule has 0 spiro atoms. The van der Waals surface area contributed by atoms with Gasteiger partial charge in [0.15, 0.2) is 0 Å². The molecule has 1 aliphatic rings. The lowest BCUT2D eigenvalue weighted by molar-refractivity contribution is -0.148. The van der Waals surface area contributed by atoms with Crippen molar-refractivity contribution in [3.8, 4) is 0 Å². The fraction of sp³-hybridized carbons (Fsp3) is 0.556. The van der Waals surface area contributed by atoms with E-state index >= 15 is 0 Å². The highest BCUT2D eigenvalue weighted by molar-refractivity contribution is 5.87. The Bertz CT molecular complexity index is 256. The van der Waals surface area contributed by atoms with Crippen LogP contribution in [0.4, 0.5) is 0 Å². The summed E-state index contributed by atoms with van der Waals surface area (Å²) in [7, 11) is 0. The fourth-order valence-corrected chi connectivity index (χ4v) is 1.04. The van der Waals surface area contributed by atoms with E-state index in [4.69, 9.17) is 9.47 Å². The second kappa shape index (κ2) is 3.60. The molecule has 1 saturated heterocycles. The zero-order chi connectivity index (χ0) is 10.0. The lowest BCUT2D eigenvalue weighted by Crippen LogP contribution is -2.24. The highest BCUT2D eigenvalue weighted by Gasteiger charge is 2.34. The summed E-state index contributed by atoms with van der Waals surface area (Å²) >= 11 is 0. The molecule has 0 saturated carbocycles. The number of ether oxygens (including phenoxy) is 2. The molecule has 0 N–H and O–H groups in total. The van der Waals surface area contributed by atoms with Crippen molar-refractivity contribution in [3.05, 3.63) is 12.2 Å².